The Kier molecular flexibility index (Phi) is 3.75. The molecule has 1 aromatic heterocycles. The van der Waals surface area contributed by atoms with Crippen LogP contribution in [0, 0.1) is 5.92 Å². The van der Waals surface area contributed by atoms with Crippen LogP contribution in [0.15, 0.2) is 15.9 Å². The topological polar surface area (TPSA) is 26.0 Å². The third-order valence-corrected chi connectivity index (χ3v) is 3.77. The highest BCUT2D eigenvalue weighted by atomic mass is 79.9. The quantitative estimate of drug-likeness (QED) is 0.873. The number of halogens is 1. The molecule has 0 fully saturated rings. The summed E-state index contributed by atoms with van der Waals surface area (Å²) in [7, 11) is 0. The zero-order chi connectivity index (χ0) is 9.14. The van der Waals surface area contributed by atoms with Gasteiger partial charge in [0, 0.05) is 17.3 Å². The molecule has 1 rings (SSSR count). The lowest BCUT2D eigenvalue weighted by atomic mass is 9.95. The van der Waals surface area contributed by atoms with Crippen LogP contribution in [0.3, 0.4) is 0 Å². The average Bonchev–Trinajstić information content (AvgIpc) is 2.37. The maximum atomic E-state index is 5.71. The summed E-state index contributed by atoms with van der Waals surface area (Å²) in [6.07, 6.45) is 0. The zero-order valence-electron chi connectivity index (χ0n) is 7.38. The van der Waals surface area contributed by atoms with Crippen LogP contribution in [0.1, 0.15) is 24.6 Å². The molecule has 0 aromatic carbocycles. The van der Waals surface area contributed by atoms with E-state index in [1.54, 1.807) is 11.3 Å². The Hall–Kier alpha value is 0.140. The van der Waals surface area contributed by atoms with Gasteiger partial charge in [-0.25, -0.2) is 0 Å². The molecule has 1 unspecified atom stereocenters. The molecule has 0 aliphatic rings. The van der Waals surface area contributed by atoms with Crippen molar-refractivity contribution in [2.24, 2.45) is 11.7 Å². The van der Waals surface area contributed by atoms with E-state index < -0.39 is 0 Å². The maximum Gasteiger partial charge on any atom is 0.0701 e. The Labute approximate surface area is 86.1 Å². The minimum absolute atomic E-state index is 0.515. The fraction of sp³-hybridized carbons (Fsp3) is 0.556. The van der Waals surface area contributed by atoms with Crippen molar-refractivity contribution in [3.05, 3.63) is 20.8 Å². The molecule has 12 heavy (non-hydrogen) atoms. The number of hydrogen-bond acceptors (Lipinski definition) is 2. The largest absolute Gasteiger partial charge is 0.330 e. The maximum absolute atomic E-state index is 5.71. The van der Waals surface area contributed by atoms with E-state index in [4.69, 9.17) is 5.73 Å². The van der Waals surface area contributed by atoms with Gasteiger partial charge in [0.25, 0.3) is 0 Å². The third kappa shape index (κ3) is 2.31. The fourth-order valence-corrected chi connectivity index (χ4v) is 2.95. The number of rotatable bonds is 3. The van der Waals surface area contributed by atoms with Crippen molar-refractivity contribution < 1.29 is 0 Å². The highest BCUT2D eigenvalue weighted by molar-refractivity contribution is 9.11. The van der Waals surface area contributed by atoms with E-state index in [0.29, 0.717) is 11.8 Å². The molecule has 0 aliphatic carbocycles. The summed E-state index contributed by atoms with van der Waals surface area (Å²) in [5, 5.41) is 0. The Bertz CT molecular complexity index is 244. The van der Waals surface area contributed by atoms with Gasteiger partial charge in [0.1, 0.15) is 0 Å². The number of thiophene rings is 1. The van der Waals surface area contributed by atoms with Crippen LogP contribution in [-0.2, 0) is 0 Å². The van der Waals surface area contributed by atoms with Gasteiger partial charge in [0.2, 0.25) is 0 Å². The highest BCUT2D eigenvalue weighted by Gasteiger charge is 2.15. The van der Waals surface area contributed by atoms with E-state index in [1.165, 1.54) is 8.66 Å². The van der Waals surface area contributed by atoms with Crippen LogP contribution in [0.2, 0.25) is 0 Å². The fourth-order valence-electron chi connectivity index (χ4n) is 1.24. The number of hydrogen-bond donors (Lipinski definition) is 1. The molecular formula is C9H14BrNS. The van der Waals surface area contributed by atoms with Crippen molar-refractivity contribution in [3.63, 3.8) is 0 Å². The SMILES string of the molecule is CC(C)C(CN)c1ccc(Br)s1. The van der Waals surface area contributed by atoms with Gasteiger partial charge in [-0.05, 0) is 34.0 Å². The van der Waals surface area contributed by atoms with Gasteiger partial charge >= 0.3 is 0 Å². The van der Waals surface area contributed by atoms with Crippen LogP contribution < -0.4 is 5.73 Å². The van der Waals surface area contributed by atoms with Crippen molar-refractivity contribution in [1.82, 2.24) is 0 Å². The molecule has 1 aromatic rings. The summed E-state index contributed by atoms with van der Waals surface area (Å²) in [6.45, 7) is 5.17. The first kappa shape index (κ1) is 10.2. The summed E-state index contributed by atoms with van der Waals surface area (Å²) in [4.78, 5) is 1.39. The lowest BCUT2D eigenvalue weighted by Gasteiger charge is -2.16. The van der Waals surface area contributed by atoms with Crippen LogP contribution in [0.25, 0.3) is 0 Å². The molecule has 0 aliphatic heterocycles. The molecule has 1 atom stereocenters. The van der Waals surface area contributed by atoms with Crippen molar-refractivity contribution in [2.45, 2.75) is 19.8 Å². The van der Waals surface area contributed by atoms with Crippen molar-refractivity contribution in [1.29, 1.82) is 0 Å². The number of nitrogens with two attached hydrogens (primary N) is 1. The smallest absolute Gasteiger partial charge is 0.0701 e. The van der Waals surface area contributed by atoms with E-state index in [1.807, 2.05) is 0 Å². The van der Waals surface area contributed by atoms with Gasteiger partial charge in [-0.1, -0.05) is 13.8 Å². The first-order valence-corrected chi connectivity index (χ1v) is 5.71. The second-order valence-corrected chi connectivity index (χ2v) is 5.72. The van der Waals surface area contributed by atoms with Crippen molar-refractivity contribution in [2.75, 3.05) is 6.54 Å². The molecule has 1 nitrogen and oxygen atoms in total. The molecule has 3 heteroatoms. The summed E-state index contributed by atoms with van der Waals surface area (Å²) in [5.74, 6) is 1.14. The Morgan fingerprint density at radius 2 is 2.17 bits per heavy atom. The Balaban J connectivity index is 2.80. The van der Waals surface area contributed by atoms with E-state index >= 15 is 0 Å². The zero-order valence-corrected chi connectivity index (χ0v) is 9.78. The lowest BCUT2D eigenvalue weighted by molar-refractivity contribution is 0.513. The average molecular weight is 248 g/mol. The molecule has 0 amide bonds. The standard InChI is InChI=1S/C9H14BrNS/c1-6(2)7(5-11)8-3-4-9(10)12-8/h3-4,6-7H,5,11H2,1-2H3. The summed E-state index contributed by atoms with van der Waals surface area (Å²) in [6, 6.07) is 4.25. The molecule has 0 bridgehead atoms. The molecular weight excluding hydrogens is 234 g/mol. The normalized spacial score (nSPS) is 13.8. The predicted molar refractivity (Wildman–Crippen MR) is 58.7 cm³/mol. The monoisotopic (exact) mass is 247 g/mol. The molecule has 2 N–H and O–H groups in total. The van der Waals surface area contributed by atoms with Gasteiger partial charge < -0.3 is 5.73 Å². The molecule has 0 saturated carbocycles. The predicted octanol–water partition coefficient (Wildman–Crippen LogP) is 3.21. The van der Waals surface area contributed by atoms with Gasteiger partial charge in [-0.15, -0.1) is 11.3 Å². The van der Waals surface area contributed by atoms with Crippen LogP contribution >= 0.6 is 27.3 Å². The second kappa shape index (κ2) is 4.40. The summed E-state index contributed by atoms with van der Waals surface area (Å²) >= 11 is 5.24. The molecule has 0 spiro atoms. The molecule has 0 radical (unpaired) electrons. The second-order valence-electron chi connectivity index (χ2n) is 3.23. The van der Waals surface area contributed by atoms with Crippen molar-refractivity contribution >= 4 is 27.3 Å². The summed E-state index contributed by atoms with van der Waals surface area (Å²) < 4.78 is 1.19. The van der Waals surface area contributed by atoms with Crippen LogP contribution in [-0.4, -0.2) is 6.54 Å². The first-order valence-electron chi connectivity index (χ1n) is 4.10. The van der Waals surface area contributed by atoms with E-state index in [2.05, 4.69) is 41.9 Å². The Morgan fingerprint density at radius 3 is 2.50 bits per heavy atom. The molecule has 68 valence electrons. The minimum atomic E-state index is 0.515. The summed E-state index contributed by atoms with van der Waals surface area (Å²) in [5.41, 5.74) is 5.71. The van der Waals surface area contributed by atoms with E-state index in [-0.39, 0.29) is 0 Å². The van der Waals surface area contributed by atoms with Crippen molar-refractivity contribution in [3.8, 4) is 0 Å². The van der Waals surface area contributed by atoms with Gasteiger partial charge in [0.15, 0.2) is 0 Å². The highest BCUT2D eigenvalue weighted by Crippen LogP contribution is 2.31. The van der Waals surface area contributed by atoms with E-state index in [9.17, 15) is 0 Å². The van der Waals surface area contributed by atoms with Crippen LogP contribution in [0.5, 0.6) is 0 Å². The third-order valence-electron chi connectivity index (χ3n) is 2.02. The van der Waals surface area contributed by atoms with Gasteiger partial charge in [0.05, 0.1) is 3.79 Å². The Morgan fingerprint density at radius 1 is 1.50 bits per heavy atom. The molecule has 1 heterocycles. The lowest BCUT2D eigenvalue weighted by Crippen LogP contribution is -2.16. The van der Waals surface area contributed by atoms with Gasteiger partial charge in [-0.2, -0.15) is 0 Å². The van der Waals surface area contributed by atoms with Crippen LogP contribution in [0.4, 0.5) is 0 Å². The van der Waals surface area contributed by atoms with Gasteiger partial charge in [-0.3, -0.25) is 0 Å². The first-order chi connectivity index (χ1) is 5.65. The van der Waals surface area contributed by atoms with E-state index in [0.717, 1.165) is 6.54 Å². The minimum Gasteiger partial charge on any atom is -0.330 e. The molecule has 0 saturated heterocycles.